The van der Waals surface area contributed by atoms with Gasteiger partial charge in [0.05, 0.1) is 27.6 Å². The molecule has 0 atom stereocenters. The van der Waals surface area contributed by atoms with Gasteiger partial charge in [0.1, 0.15) is 0 Å². The molecule has 0 radical (unpaired) electrons. The molecule has 0 saturated heterocycles. The first-order valence-electron chi connectivity index (χ1n) is 15.8. The van der Waals surface area contributed by atoms with Crippen LogP contribution in [0.3, 0.4) is 0 Å². The van der Waals surface area contributed by atoms with Crippen LogP contribution in [0.1, 0.15) is 17.7 Å². The van der Waals surface area contributed by atoms with E-state index in [4.69, 9.17) is 0 Å². The fraction of sp³-hybridized carbons (Fsp3) is 0.0476. The molecule has 0 bridgehead atoms. The van der Waals surface area contributed by atoms with Crippen LogP contribution in [0.25, 0.3) is 77.7 Å². The third-order valence-electron chi connectivity index (χ3n) is 9.68. The lowest BCUT2D eigenvalue weighted by atomic mass is 9.99. The molecule has 0 amide bonds. The van der Waals surface area contributed by atoms with Gasteiger partial charge in [0.15, 0.2) is 0 Å². The van der Waals surface area contributed by atoms with Crippen molar-refractivity contribution >= 4 is 60.6 Å². The summed E-state index contributed by atoms with van der Waals surface area (Å²) in [4.78, 5) is 0. The highest BCUT2D eigenvalue weighted by Crippen LogP contribution is 2.43. The number of benzene rings is 6. The number of hydrogen-bond donors (Lipinski definition) is 0. The van der Waals surface area contributed by atoms with Crippen molar-refractivity contribution in [2.75, 3.05) is 0 Å². The summed E-state index contributed by atoms with van der Waals surface area (Å²) in [5.41, 5.74) is 12.5. The summed E-state index contributed by atoms with van der Waals surface area (Å²) in [6.45, 7) is 0. The zero-order valence-corrected chi connectivity index (χ0v) is 24.7. The van der Waals surface area contributed by atoms with Gasteiger partial charge >= 0.3 is 0 Å². The number of nitrogens with zero attached hydrogens (tertiary/aromatic N) is 3. The van der Waals surface area contributed by atoms with Crippen LogP contribution in [0.2, 0.25) is 0 Å². The Morgan fingerprint density at radius 3 is 1.69 bits per heavy atom. The Morgan fingerprint density at radius 2 is 0.956 bits per heavy atom. The van der Waals surface area contributed by atoms with Gasteiger partial charge in [0.25, 0.3) is 0 Å². The van der Waals surface area contributed by atoms with Crippen molar-refractivity contribution in [3.8, 4) is 17.1 Å². The van der Waals surface area contributed by atoms with Crippen LogP contribution < -0.4 is 0 Å². The molecule has 0 spiro atoms. The van der Waals surface area contributed by atoms with Gasteiger partial charge in [-0.25, -0.2) is 0 Å². The highest BCUT2D eigenvalue weighted by atomic mass is 15.0. The maximum Gasteiger partial charge on any atom is 0.0548 e. The molecule has 0 unspecified atom stereocenters. The van der Waals surface area contributed by atoms with E-state index < -0.39 is 0 Å². The van der Waals surface area contributed by atoms with Crippen molar-refractivity contribution < 1.29 is 0 Å². The molecule has 3 heteroatoms. The summed E-state index contributed by atoms with van der Waals surface area (Å²) in [6, 6.07) is 50.8. The predicted octanol–water partition coefficient (Wildman–Crippen LogP) is 10.8. The Hall–Kier alpha value is -5.80. The van der Waals surface area contributed by atoms with Crippen molar-refractivity contribution in [3.63, 3.8) is 0 Å². The van der Waals surface area contributed by atoms with E-state index >= 15 is 0 Å². The third kappa shape index (κ3) is 3.41. The SMILES string of the molecule is C1=Cc2c(n(-c3ccc4c(c3)c3ccccc3n4-c3ccccc3)c3ccc4c(c5ccccc5n4-c4ccccc4)c23)CC1. The van der Waals surface area contributed by atoms with Crippen molar-refractivity contribution in [2.24, 2.45) is 0 Å². The molecule has 45 heavy (non-hydrogen) atoms. The Balaban J connectivity index is 1.30. The largest absolute Gasteiger partial charge is 0.313 e. The number of para-hydroxylation sites is 4. The Labute approximate surface area is 260 Å². The molecule has 0 saturated carbocycles. The monoisotopic (exact) mass is 575 g/mol. The van der Waals surface area contributed by atoms with E-state index in [0.29, 0.717) is 0 Å². The van der Waals surface area contributed by atoms with Crippen LogP contribution in [-0.2, 0) is 6.42 Å². The molecule has 6 aromatic carbocycles. The van der Waals surface area contributed by atoms with E-state index in [-0.39, 0.29) is 0 Å². The van der Waals surface area contributed by atoms with Gasteiger partial charge in [-0.05, 0) is 79.6 Å². The first-order chi connectivity index (χ1) is 22.4. The smallest absolute Gasteiger partial charge is 0.0548 e. The summed E-state index contributed by atoms with van der Waals surface area (Å²) >= 11 is 0. The second-order valence-electron chi connectivity index (χ2n) is 12.1. The van der Waals surface area contributed by atoms with E-state index in [2.05, 4.69) is 165 Å². The fourth-order valence-corrected chi connectivity index (χ4v) is 7.87. The summed E-state index contributed by atoms with van der Waals surface area (Å²) in [5.74, 6) is 0. The summed E-state index contributed by atoms with van der Waals surface area (Å²) in [6.07, 6.45) is 6.78. The molecule has 10 rings (SSSR count). The van der Waals surface area contributed by atoms with Crippen molar-refractivity contribution in [1.82, 2.24) is 13.7 Å². The minimum atomic E-state index is 1.02. The molecule has 212 valence electrons. The van der Waals surface area contributed by atoms with Crippen molar-refractivity contribution in [1.29, 1.82) is 0 Å². The van der Waals surface area contributed by atoms with E-state index in [1.54, 1.807) is 0 Å². The average Bonchev–Trinajstić information content (AvgIpc) is 3.74. The Morgan fingerprint density at radius 1 is 0.400 bits per heavy atom. The number of hydrogen-bond acceptors (Lipinski definition) is 0. The average molecular weight is 576 g/mol. The Kier molecular flexibility index (Phi) is 5.11. The fourth-order valence-electron chi connectivity index (χ4n) is 7.87. The van der Waals surface area contributed by atoms with E-state index in [1.165, 1.54) is 82.8 Å². The van der Waals surface area contributed by atoms with Crippen LogP contribution in [0, 0.1) is 0 Å². The first kappa shape index (κ1) is 24.6. The number of allylic oxidation sites excluding steroid dienone is 1. The predicted molar refractivity (Wildman–Crippen MR) is 189 cm³/mol. The van der Waals surface area contributed by atoms with E-state index in [1.807, 2.05) is 0 Å². The molecular weight excluding hydrogens is 546 g/mol. The first-order valence-corrected chi connectivity index (χ1v) is 15.8. The van der Waals surface area contributed by atoms with Crippen LogP contribution in [0.5, 0.6) is 0 Å². The molecule has 1 aliphatic rings. The second-order valence-corrected chi connectivity index (χ2v) is 12.1. The van der Waals surface area contributed by atoms with E-state index in [0.717, 1.165) is 12.8 Å². The number of aromatic nitrogens is 3. The number of fused-ring (bicyclic) bond motifs is 10. The van der Waals surface area contributed by atoms with Gasteiger partial charge in [0.2, 0.25) is 0 Å². The van der Waals surface area contributed by atoms with Gasteiger partial charge in [-0.2, -0.15) is 0 Å². The summed E-state index contributed by atoms with van der Waals surface area (Å²) in [5, 5.41) is 6.51. The third-order valence-corrected chi connectivity index (χ3v) is 9.68. The normalized spacial score (nSPS) is 13.1. The molecule has 3 heterocycles. The molecule has 0 N–H and O–H groups in total. The Bertz CT molecular complexity index is 2630. The zero-order chi connectivity index (χ0) is 29.5. The lowest BCUT2D eigenvalue weighted by molar-refractivity contribution is 0.889. The van der Waals surface area contributed by atoms with Gasteiger partial charge in [0, 0.05) is 55.3 Å². The lowest BCUT2D eigenvalue weighted by Gasteiger charge is -2.14. The second kappa shape index (κ2) is 9.35. The van der Waals surface area contributed by atoms with Gasteiger partial charge in [-0.3, -0.25) is 0 Å². The maximum absolute atomic E-state index is 2.54. The molecule has 0 fully saturated rings. The zero-order valence-electron chi connectivity index (χ0n) is 24.7. The molecule has 3 nitrogen and oxygen atoms in total. The molecule has 9 aromatic rings. The number of rotatable bonds is 3. The van der Waals surface area contributed by atoms with Gasteiger partial charge < -0.3 is 13.7 Å². The van der Waals surface area contributed by atoms with Crippen molar-refractivity contribution in [2.45, 2.75) is 12.8 Å². The topological polar surface area (TPSA) is 14.8 Å². The quantitative estimate of drug-likeness (QED) is 0.199. The summed E-state index contributed by atoms with van der Waals surface area (Å²) in [7, 11) is 0. The lowest BCUT2D eigenvalue weighted by Crippen LogP contribution is -2.03. The minimum Gasteiger partial charge on any atom is -0.313 e. The van der Waals surface area contributed by atoms with Crippen LogP contribution in [0.4, 0.5) is 0 Å². The van der Waals surface area contributed by atoms with Crippen LogP contribution in [0.15, 0.2) is 146 Å². The minimum absolute atomic E-state index is 1.02. The molecular formula is C42H29N3. The van der Waals surface area contributed by atoms with Gasteiger partial charge in [-0.1, -0.05) is 84.9 Å². The standard InChI is InChI=1S/C42H29N3/c1-3-13-28(14-4-1)43-35-20-10-7-17-31(35)34-27-30(23-24-38(34)43)45-37-22-12-9-19-33(37)42-40(45)26-25-39-41(42)32-18-8-11-21-36(32)44(39)29-15-5-2-6-16-29/h1-11,13-21,23-27H,12,22H2. The van der Waals surface area contributed by atoms with E-state index in [9.17, 15) is 0 Å². The molecule has 0 aliphatic heterocycles. The molecule has 3 aromatic heterocycles. The highest BCUT2D eigenvalue weighted by Gasteiger charge is 2.24. The summed E-state index contributed by atoms with van der Waals surface area (Å²) < 4.78 is 7.35. The van der Waals surface area contributed by atoms with Gasteiger partial charge in [-0.15, -0.1) is 0 Å². The molecule has 1 aliphatic carbocycles. The maximum atomic E-state index is 2.54. The van der Waals surface area contributed by atoms with Crippen molar-refractivity contribution in [3.05, 3.63) is 157 Å². The van der Waals surface area contributed by atoms with Crippen LogP contribution >= 0.6 is 0 Å². The highest BCUT2D eigenvalue weighted by molar-refractivity contribution is 6.23. The van der Waals surface area contributed by atoms with Crippen LogP contribution in [-0.4, -0.2) is 13.7 Å².